The van der Waals surface area contributed by atoms with Crippen LogP contribution in [-0.2, 0) is 0 Å². The molecule has 1 aromatic carbocycles. The molecule has 0 radical (unpaired) electrons. The number of hydrogen-bond donors (Lipinski definition) is 0. The number of halogens is 1. The molecule has 0 spiro atoms. The Labute approximate surface area is 103 Å². The van der Waals surface area contributed by atoms with E-state index in [-0.39, 0.29) is 5.82 Å². The number of aryl methyl sites for hydroxylation is 1. The molecule has 1 nitrogen and oxygen atoms in total. The molecule has 0 bridgehead atoms. The maximum atomic E-state index is 12.8. The van der Waals surface area contributed by atoms with E-state index in [1.807, 2.05) is 24.4 Å². The summed E-state index contributed by atoms with van der Waals surface area (Å²) in [7, 11) is 0. The lowest BCUT2D eigenvalue weighted by Crippen LogP contribution is -1.82. The van der Waals surface area contributed by atoms with E-state index in [0.29, 0.717) is 5.57 Å². The van der Waals surface area contributed by atoms with Crippen LogP contribution >= 0.6 is 11.3 Å². The van der Waals surface area contributed by atoms with Crippen molar-refractivity contribution in [2.75, 3.05) is 0 Å². The molecule has 0 N–H and O–H groups in total. The minimum Gasteiger partial charge on any atom is -0.207 e. The van der Waals surface area contributed by atoms with Gasteiger partial charge in [0, 0.05) is 4.88 Å². The van der Waals surface area contributed by atoms with Crippen molar-refractivity contribution in [3.8, 4) is 6.07 Å². The third kappa shape index (κ3) is 2.61. The van der Waals surface area contributed by atoms with Gasteiger partial charge in [-0.25, -0.2) is 4.39 Å². The van der Waals surface area contributed by atoms with Crippen molar-refractivity contribution in [3.63, 3.8) is 0 Å². The van der Waals surface area contributed by atoms with Crippen LogP contribution in [0.5, 0.6) is 0 Å². The number of rotatable bonds is 2. The van der Waals surface area contributed by atoms with Gasteiger partial charge in [-0.2, -0.15) is 5.26 Å². The molecule has 2 rings (SSSR count). The van der Waals surface area contributed by atoms with Crippen molar-refractivity contribution in [2.45, 2.75) is 6.92 Å². The maximum absolute atomic E-state index is 12.8. The molecular formula is C14H10FNS. The molecule has 1 heterocycles. The molecular weight excluding hydrogens is 233 g/mol. The Bertz CT molecular complexity index is 587. The van der Waals surface area contributed by atoms with Gasteiger partial charge >= 0.3 is 0 Å². The third-order valence-corrected chi connectivity index (χ3v) is 3.42. The fourth-order valence-electron chi connectivity index (χ4n) is 1.47. The molecule has 0 aliphatic heterocycles. The zero-order valence-corrected chi connectivity index (χ0v) is 10.1. The second-order valence-electron chi connectivity index (χ2n) is 3.64. The second-order valence-corrected chi connectivity index (χ2v) is 4.59. The SMILES string of the molecule is Cc1ccsc1C=C(C#N)c1ccc(F)cc1. The van der Waals surface area contributed by atoms with Crippen LogP contribution in [0.2, 0.25) is 0 Å². The first-order valence-corrected chi connectivity index (χ1v) is 6.00. The quantitative estimate of drug-likeness (QED) is 0.723. The van der Waals surface area contributed by atoms with Crippen LogP contribution in [0, 0.1) is 24.1 Å². The summed E-state index contributed by atoms with van der Waals surface area (Å²) < 4.78 is 12.8. The highest BCUT2D eigenvalue weighted by Crippen LogP contribution is 2.23. The predicted molar refractivity (Wildman–Crippen MR) is 68.9 cm³/mol. The van der Waals surface area contributed by atoms with Crippen molar-refractivity contribution in [2.24, 2.45) is 0 Å². The molecule has 0 saturated carbocycles. The van der Waals surface area contributed by atoms with E-state index in [4.69, 9.17) is 5.26 Å². The van der Waals surface area contributed by atoms with Gasteiger partial charge in [0.05, 0.1) is 11.6 Å². The molecule has 0 aliphatic carbocycles. The average Bonchev–Trinajstić information content (AvgIpc) is 2.73. The van der Waals surface area contributed by atoms with E-state index >= 15 is 0 Å². The minimum absolute atomic E-state index is 0.293. The summed E-state index contributed by atoms with van der Waals surface area (Å²) in [6, 6.07) is 10.1. The molecule has 0 aliphatic rings. The Balaban J connectivity index is 2.41. The topological polar surface area (TPSA) is 23.8 Å². The van der Waals surface area contributed by atoms with E-state index < -0.39 is 0 Å². The lowest BCUT2D eigenvalue weighted by molar-refractivity contribution is 0.627. The third-order valence-electron chi connectivity index (χ3n) is 2.45. The van der Waals surface area contributed by atoms with Crippen LogP contribution in [-0.4, -0.2) is 0 Å². The van der Waals surface area contributed by atoms with Gasteiger partial charge in [-0.3, -0.25) is 0 Å². The Morgan fingerprint density at radius 3 is 2.53 bits per heavy atom. The molecule has 0 fully saturated rings. The van der Waals surface area contributed by atoms with Gasteiger partial charge < -0.3 is 0 Å². The van der Waals surface area contributed by atoms with Gasteiger partial charge in [0.15, 0.2) is 0 Å². The van der Waals surface area contributed by atoms with Crippen LogP contribution in [0.25, 0.3) is 11.6 Å². The van der Waals surface area contributed by atoms with Crippen molar-refractivity contribution < 1.29 is 4.39 Å². The number of benzene rings is 1. The zero-order chi connectivity index (χ0) is 12.3. The summed E-state index contributed by atoms with van der Waals surface area (Å²) in [5, 5.41) is 11.1. The molecule has 1 aromatic heterocycles. The van der Waals surface area contributed by atoms with E-state index in [2.05, 4.69) is 6.07 Å². The van der Waals surface area contributed by atoms with Crippen LogP contribution in [0.1, 0.15) is 16.0 Å². The summed E-state index contributed by atoms with van der Waals surface area (Å²) in [5.41, 5.74) is 2.43. The smallest absolute Gasteiger partial charge is 0.123 e. The molecule has 0 atom stereocenters. The van der Waals surface area contributed by atoms with Gasteiger partial charge in [0.2, 0.25) is 0 Å². The van der Waals surface area contributed by atoms with E-state index in [1.54, 1.807) is 23.5 Å². The van der Waals surface area contributed by atoms with Gasteiger partial charge in [-0.15, -0.1) is 11.3 Å². The van der Waals surface area contributed by atoms with Gasteiger partial charge in [0.1, 0.15) is 5.82 Å². The lowest BCUT2D eigenvalue weighted by atomic mass is 10.1. The highest BCUT2D eigenvalue weighted by atomic mass is 32.1. The molecule has 0 amide bonds. The maximum Gasteiger partial charge on any atom is 0.123 e. The van der Waals surface area contributed by atoms with Crippen LogP contribution < -0.4 is 0 Å². The van der Waals surface area contributed by atoms with Gasteiger partial charge in [-0.05, 0) is 47.7 Å². The Hall–Kier alpha value is -1.92. The normalized spacial score (nSPS) is 11.2. The standard InChI is InChI=1S/C14H10FNS/c1-10-6-7-17-14(10)8-12(9-16)11-2-4-13(15)5-3-11/h2-8H,1H3. The summed E-state index contributed by atoms with van der Waals surface area (Å²) in [5.74, 6) is -0.293. The van der Waals surface area contributed by atoms with Gasteiger partial charge in [0.25, 0.3) is 0 Å². The number of thiophene rings is 1. The molecule has 17 heavy (non-hydrogen) atoms. The fraction of sp³-hybridized carbons (Fsp3) is 0.0714. The second kappa shape index (κ2) is 4.94. The van der Waals surface area contributed by atoms with E-state index in [1.165, 1.54) is 12.1 Å². The Morgan fingerprint density at radius 2 is 2.00 bits per heavy atom. The first-order valence-electron chi connectivity index (χ1n) is 5.12. The monoisotopic (exact) mass is 243 g/mol. The van der Waals surface area contributed by atoms with Crippen molar-refractivity contribution in [1.29, 1.82) is 5.26 Å². The average molecular weight is 243 g/mol. The Kier molecular flexibility index (Phi) is 3.36. The lowest BCUT2D eigenvalue weighted by Gasteiger charge is -1.99. The zero-order valence-electron chi connectivity index (χ0n) is 9.27. The highest BCUT2D eigenvalue weighted by Gasteiger charge is 2.03. The first-order chi connectivity index (χ1) is 8.20. The van der Waals surface area contributed by atoms with E-state index in [0.717, 1.165) is 16.0 Å². The Morgan fingerprint density at radius 1 is 1.29 bits per heavy atom. The minimum atomic E-state index is -0.293. The van der Waals surface area contributed by atoms with Crippen molar-refractivity contribution >= 4 is 23.0 Å². The highest BCUT2D eigenvalue weighted by molar-refractivity contribution is 7.11. The van der Waals surface area contributed by atoms with Crippen LogP contribution in [0.4, 0.5) is 4.39 Å². The predicted octanol–water partition coefficient (Wildman–Crippen LogP) is 4.26. The van der Waals surface area contributed by atoms with Crippen molar-refractivity contribution in [1.82, 2.24) is 0 Å². The summed E-state index contributed by atoms with van der Waals surface area (Å²) in [4.78, 5) is 1.06. The van der Waals surface area contributed by atoms with Crippen LogP contribution in [0.3, 0.4) is 0 Å². The molecule has 84 valence electrons. The molecule has 3 heteroatoms. The fourth-order valence-corrected chi connectivity index (χ4v) is 2.33. The number of nitriles is 1. The first kappa shape index (κ1) is 11.6. The molecule has 0 saturated heterocycles. The number of hydrogen-bond acceptors (Lipinski definition) is 2. The van der Waals surface area contributed by atoms with Crippen LogP contribution in [0.15, 0.2) is 35.7 Å². The summed E-state index contributed by atoms with van der Waals surface area (Å²) in [6.07, 6.45) is 1.84. The molecule has 2 aromatic rings. The summed E-state index contributed by atoms with van der Waals surface area (Å²) >= 11 is 1.59. The molecule has 0 unspecified atom stereocenters. The summed E-state index contributed by atoms with van der Waals surface area (Å²) in [6.45, 7) is 2.00. The number of allylic oxidation sites excluding steroid dienone is 1. The number of nitrogens with zero attached hydrogens (tertiary/aromatic N) is 1. The largest absolute Gasteiger partial charge is 0.207 e. The van der Waals surface area contributed by atoms with Crippen molar-refractivity contribution in [3.05, 3.63) is 57.5 Å². The van der Waals surface area contributed by atoms with E-state index in [9.17, 15) is 4.39 Å². The van der Waals surface area contributed by atoms with Gasteiger partial charge in [-0.1, -0.05) is 12.1 Å².